The number of amides is 1. The summed E-state index contributed by atoms with van der Waals surface area (Å²) in [7, 11) is 0. The van der Waals surface area contributed by atoms with Gasteiger partial charge < -0.3 is 14.6 Å². The lowest BCUT2D eigenvalue weighted by Crippen LogP contribution is -2.37. The highest BCUT2D eigenvalue weighted by Gasteiger charge is 2.22. The summed E-state index contributed by atoms with van der Waals surface area (Å²) in [6, 6.07) is 15.4. The molecule has 32 heavy (non-hydrogen) atoms. The molecule has 1 aromatic heterocycles. The Balaban J connectivity index is 1.76. The molecule has 0 aliphatic carbocycles. The summed E-state index contributed by atoms with van der Waals surface area (Å²) in [6.45, 7) is 8.51. The van der Waals surface area contributed by atoms with Crippen molar-refractivity contribution in [3.63, 3.8) is 0 Å². The molecule has 3 rings (SSSR count). The first kappa shape index (κ1) is 23.4. The maximum Gasteiger partial charge on any atom is 0.410 e. The van der Waals surface area contributed by atoms with Crippen molar-refractivity contribution >= 4 is 17.7 Å². The molecule has 0 aliphatic rings. The molecule has 6 nitrogen and oxygen atoms in total. The van der Waals surface area contributed by atoms with Crippen molar-refractivity contribution in [1.82, 2.24) is 14.9 Å². The predicted octanol–water partition coefficient (Wildman–Crippen LogP) is 6.42. The fraction of sp³-hybridized carbons (Fsp3) is 0.320. The number of hydrogen-bond donors (Lipinski definition) is 1. The van der Waals surface area contributed by atoms with Gasteiger partial charge in [0.1, 0.15) is 11.4 Å². The highest BCUT2D eigenvalue weighted by Crippen LogP contribution is 2.28. The minimum absolute atomic E-state index is 0.344. The lowest BCUT2D eigenvalue weighted by atomic mass is 9.99. The Morgan fingerprint density at radius 1 is 1.19 bits per heavy atom. The van der Waals surface area contributed by atoms with Gasteiger partial charge in [-0.1, -0.05) is 48.9 Å². The lowest BCUT2D eigenvalue weighted by Gasteiger charge is -2.26. The number of H-pyrrole nitrogens is 1. The Kier molecular flexibility index (Phi) is 7.22. The van der Waals surface area contributed by atoms with E-state index in [-0.39, 0.29) is 6.09 Å². The van der Waals surface area contributed by atoms with E-state index in [1.807, 2.05) is 58.0 Å². The first-order chi connectivity index (χ1) is 15.2. The van der Waals surface area contributed by atoms with E-state index in [2.05, 4.69) is 16.0 Å². The van der Waals surface area contributed by atoms with Crippen molar-refractivity contribution < 1.29 is 9.53 Å². The normalized spacial score (nSPS) is 11.1. The number of hydrogen-bond acceptors (Lipinski definition) is 4. The molecular formula is C25H27ClN4O2. The summed E-state index contributed by atoms with van der Waals surface area (Å²) < 4.78 is 5.51. The minimum Gasteiger partial charge on any atom is -0.444 e. The third-order valence-corrected chi connectivity index (χ3v) is 4.96. The molecule has 166 valence electrons. The van der Waals surface area contributed by atoms with Crippen LogP contribution in [0, 0.1) is 11.3 Å². The Morgan fingerprint density at radius 2 is 1.88 bits per heavy atom. The third-order valence-electron chi connectivity index (χ3n) is 4.72. The number of nitrogens with one attached hydrogen (secondary N) is 1. The molecule has 0 unspecified atom stereocenters. The topological polar surface area (TPSA) is 82.0 Å². The maximum absolute atomic E-state index is 12.5. The molecule has 0 aliphatic heterocycles. The van der Waals surface area contributed by atoms with Gasteiger partial charge in [-0.15, -0.1) is 0 Å². The van der Waals surface area contributed by atoms with E-state index in [0.717, 1.165) is 28.8 Å². The van der Waals surface area contributed by atoms with Crippen LogP contribution in [0.25, 0.3) is 22.4 Å². The van der Waals surface area contributed by atoms with Gasteiger partial charge in [-0.05, 0) is 56.0 Å². The first-order valence-corrected chi connectivity index (χ1v) is 10.9. The summed E-state index contributed by atoms with van der Waals surface area (Å²) in [5, 5.41) is 9.93. The van der Waals surface area contributed by atoms with Gasteiger partial charge in [0.05, 0.1) is 30.1 Å². The fourth-order valence-corrected chi connectivity index (χ4v) is 3.46. The zero-order valence-electron chi connectivity index (χ0n) is 18.8. The number of carbonyl (C=O) groups excluding carboxylic acids is 1. The number of nitriles is 1. The molecule has 3 aromatic rings. The lowest BCUT2D eigenvalue weighted by molar-refractivity contribution is 0.0229. The molecule has 0 saturated carbocycles. The van der Waals surface area contributed by atoms with Crippen molar-refractivity contribution in [2.75, 3.05) is 6.54 Å². The van der Waals surface area contributed by atoms with Crippen molar-refractivity contribution in [2.24, 2.45) is 0 Å². The molecule has 7 heteroatoms. The number of rotatable bonds is 6. The van der Waals surface area contributed by atoms with Gasteiger partial charge in [0, 0.05) is 11.6 Å². The van der Waals surface area contributed by atoms with E-state index in [4.69, 9.17) is 16.3 Å². The number of aromatic amines is 1. The SMILES string of the molecule is CCCN(Cc1ncc(-c2ccc(-c3ccc(Cl)cc3C#N)cc2)[nH]1)C(=O)OC(C)(C)C. The standard InChI is InChI=1S/C25H27ClN4O2/c1-5-12-30(24(31)32-25(2,3)4)16-23-28-15-22(29-23)18-8-6-17(7-9-18)21-11-10-20(26)13-19(21)14-27/h6-11,13,15H,5,12,16H2,1-4H3,(H,28,29). The fourth-order valence-electron chi connectivity index (χ4n) is 3.29. The molecular weight excluding hydrogens is 424 g/mol. The number of carbonyl (C=O) groups is 1. The second-order valence-electron chi connectivity index (χ2n) is 8.52. The second-order valence-corrected chi connectivity index (χ2v) is 8.96. The molecule has 0 spiro atoms. The van der Waals surface area contributed by atoms with Gasteiger partial charge in [-0.25, -0.2) is 9.78 Å². The summed E-state index contributed by atoms with van der Waals surface area (Å²) >= 11 is 6.00. The van der Waals surface area contributed by atoms with Crippen LogP contribution in [-0.2, 0) is 11.3 Å². The van der Waals surface area contributed by atoms with Gasteiger partial charge in [-0.2, -0.15) is 5.26 Å². The highest BCUT2D eigenvalue weighted by molar-refractivity contribution is 6.30. The molecule has 1 heterocycles. The number of ether oxygens (including phenoxy) is 1. The van der Waals surface area contributed by atoms with Gasteiger partial charge >= 0.3 is 6.09 Å². The number of halogens is 1. The van der Waals surface area contributed by atoms with Crippen LogP contribution in [0.2, 0.25) is 5.02 Å². The van der Waals surface area contributed by atoms with Crippen LogP contribution < -0.4 is 0 Å². The van der Waals surface area contributed by atoms with Crippen molar-refractivity contribution in [2.45, 2.75) is 46.3 Å². The zero-order chi connectivity index (χ0) is 23.3. The molecule has 0 fully saturated rings. The first-order valence-electron chi connectivity index (χ1n) is 10.5. The Morgan fingerprint density at radius 3 is 2.50 bits per heavy atom. The second kappa shape index (κ2) is 9.88. The molecule has 0 atom stereocenters. The summed E-state index contributed by atoms with van der Waals surface area (Å²) in [5.74, 6) is 0.688. The van der Waals surface area contributed by atoms with E-state index in [9.17, 15) is 10.1 Å². The van der Waals surface area contributed by atoms with Crippen LogP contribution in [-0.4, -0.2) is 33.1 Å². The van der Waals surface area contributed by atoms with Gasteiger partial charge in [0.15, 0.2) is 0 Å². The molecule has 0 bridgehead atoms. The van der Waals surface area contributed by atoms with Crippen molar-refractivity contribution in [1.29, 1.82) is 5.26 Å². The van der Waals surface area contributed by atoms with E-state index in [1.165, 1.54) is 0 Å². The van der Waals surface area contributed by atoms with Crippen LogP contribution in [0.15, 0.2) is 48.7 Å². The minimum atomic E-state index is -0.547. The van der Waals surface area contributed by atoms with E-state index < -0.39 is 5.60 Å². The van der Waals surface area contributed by atoms with Crippen LogP contribution in [0.4, 0.5) is 4.79 Å². The van der Waals surface area contributed by atoms with Gasteiger partial charge in [0.25, 0.3) is 0 Å². The molecule has 2 aromatic carbocycles. The van der Waals surface area contributed by atoms with Crippen LogP contribution in [0.1, 0.15) is 45.5 Å². The van der Waals surface area contributed by atoms with Crippen LogP contribution in [0.3, 0.4) is 0 Å². The van der Waals surface area contributed by atoms with Gasteiger partial charge in [-0.3, -0.25) is 0 Å². The number of benzene rings is 2. The average Bonchev–Trinajstić information content (AvgIpc) is 3.21. The van der Waals surface area contributed by atoms with Crippen molar-refractivity contribution in [3.8, 4) is 28.5 Å². The predicted molar refractivity (Wildman–Crippen MR) is 126 cm³/mol. The third kappa shape index (κ3) is 5.89. The highest BCUT2D eigenvalue weighted by atomic mass is 35.5. The van der Waals surface area contributed by atoms with Crippen LogP contribution in [0.5, 0.6) is 0 Å². The van der Waals surface area contributed by atoms with E-state index >= 15 is 0 Å². The Bertz CT molecular complexity index is 1120. The van der Waals surface area contributed by atoms with Gasteiger partial charge in [0.2, 0.25) is 0 Å². The molecule has 0 saturated heterocycles. The monoisotopic (exact) mass is 450 g/mol. The smallest absolute Gasteiger partial charge is 0.410 e. The Hall–Kier alpha value is -3.30. The van der Waals surface area contributed by atoms with Crippen LogP contribution >= 0.6 is 11.6 Å². The van der Waals surface area contributed by atoms with E-state index in [0.29, 0.717) is 29.5 Å². The number of imidazole rings is 1. The zero-order valence-corrected chi connectivity index (χ0v) is 19.5. The largest absolute Gasteiger partial charge is 0.444 e. The number of aromatic nitrogens is 2. The van der Waals surface area contributed by atoms with Crippen molar-refractivity contribution in [3.05, 3.63) is 65.1 Å². The maximum atomic E-state index is 12.5. The molecule has 1 N–H and O–H groups in total. The summed E-state index contributed by atoms with van der Waals surface area (Å²) in [5.41, 5.74) is 3.56. The average molecular weight is 451 g/mol. The summed E-state index contributed by atoms with van der Waals surface area (Å²) in [6.07, 6.45) is 2.23. The number of nitrogens with zero attached hydrogens (tertiary/aromatic N) is 3. The van der Waals surface area contributed by atoms with E-state index in [1.54, 1.807) is 23.2 Å². The molecule has 1 amide bonds. The summed E-state index contributed by atoms with van der Waals surface area (Å²) in [4.78, 5) is 21.9. The Labute approximate surface area is 193 Å². The quantitative estimate of drug-likeness (QED) is 0.470. The molecule has 0 radical (unpaired) electrons.